The van der Waals surface area contributed by atoms with Crippen molar-refractivity contribution < 1.29 is 14.2 Å². The van der Waals surface area contributed by atoms with Gasteiger partial charge in [-0.1, -0.05) is 32.8 Å². The Bertz CT molecular complexity index is 350. The summed E-state index contributed by atoms with van der Waals surface area (Å²) in [4.78, 5) is 0. The van der Waals surface area contributed by atoms with Crippen LogP contribution >= 0.6 is 0 Å². The standard InChI is InChI=1S/C14H21FO2/c1-10(2)5-4-6-13(16)11-7-8-12(15)14(9-11)17-3/h7-10,13,16H,4-6H2,1-3H3. The third-order valence-corrected chi connectivity index (χ3v) is 2.82. The molecule has 0 saturated carbocycles. The molecule has 3 heteroatoms. The van der Waals surface area contributed by atoms with Crippen molar-refractivity contribution in [3.63, 3.8) is 0 Å². The molecule has 0 aliphatic rings. The zero-order chi connectivity index (χ0) is 12.8. The van der Waals surface area contributed by atoms with E-state index in [1.54, 1.807) is 12.1 Å². The van der Waals surface area contributed by atoms with Gasteiger partial charge in [-0.2, -0.15) is 0 Å². The maximum absolute atomic E-state index is 13.2. The van der Waals surface area contributed by atoms with Crippen molar-refractivity contribution in [2.24, 2.45) is 5.92 Å². The van der Waals surface area contributed by atoms with Crippen LogP contribution in [0, 0.1) is 11.7 Å². The topological polar surface area (TPSA) is 29.5 Å². The molecule has 17 heavy (non-hydrogen) atoms. The van der Waals surface area contributed by atoms with Crippen LogP contribution in [0.3, 0.4) is 0 Å². The Balaban J connectivity index is 2.59. The highest BCUT2D eigenvalue weighted by molar-refractivity contribution is 5.31. The van der Waals surface area contributed by atoms with Gasteiger partial charge in [0.1, 0.15) is 0 Å². The molecule has 1 aromatic rings. The second-order valence-corrected chi connectivity index (χ2v) is 4.73. The van der Waals surface area contributed by atoms with Crippen molar-refractivity contribution in [2.75, 3.05) is 7.11 Å². The maximum atomic E-state index is 13.2. The molecule has 0 saturated heterocycles. The molecule has 96 valence electrons. The highest BCUT2D eigenvalue weighted by atomic mass is 19.1. The fourth-order valence-corrected chi connectivity index (χ4v) is 1.77. The smallest absolute Gasteiger partial charge is 0.165 e. The van der Waals surface area contributed by atoms with E-state index in [1.807, 2.05) is 0 Å². The first-order valence-corrected chi connectivity index (χ1v) is 6.06. The first-order valence-electron chi connectivity index (χ1n) is 6.06. The summed E-state index contributed by atoms with van der Waals surface area (Å²) in [5, 5.41) is 9.97. The molecule has 2 nitrogen and oxygen atoms in total. The van der Waals surface area contributed by atoms with Gasteiger partial charge in [0.25, 0.3) is 0 Å². The lowest BCUT2D eigenvalue weighted by atomic mass is 10.00. The molecule has 1 unspecified atom stereocenters. The van der Waals surface area contributed by atoms with Crippen LogP contribution in [0.25, 0.3) is 0 Å². The Labute approximate surface area is 102 Å². The van der Waals surface area contributed by atoms with Gasteiger partial charge in [0.05, 0.1) is 13.2 Å². The second kappa shape index (κ2) is 6.60. The summed E-state index contributed by atoms with van der Waals surface area (Å²) in [6.45, 7) is 4.32. The predicted molar refractivity (Wildman–Crippen MR) is 66.6 cm³/mol. The monoisotopic (exact) mass is 240 g/mol. The molecule has 0 aromatic heterocycles. The van der Waals surface area contributed by atoms with E-state index in [0.717, 1.165) is 12.8 Å². The van der Waals surface area contributed by atoms with Gasteiger partial charge in [-0.25, -0.2) is 4.39 Å². The summed E-state index contributed by atoms with van der Waals surface area (Å²) < 4.78 is 18.1. The van der Waals surface area contributed by atoms with Crippen LogP contribution < -0.4 is 4.74 Å². The SMILES string of the molecule is COc1cc(C(O)CCCC(C)C)ccc1F. The van der Waals surface area contributed by atoms with Crippen molar-refractivity contribution in [2.45, 2.75) is 39.2 Å². The first kappa shape index (κ1) is 14.0. The third-order valence-electron chi connectivity index (χ3n) is 2.82. The lowest BCUT2D eigenvalue weighted by Crippen LogP contribution is -2.00. The van der Waals surface area contributed by atoms with Crippen molar-refractivity contribution in [3.8, 4) is 5.75 Å². The molecule has 1 N–H and O–H groups in total. The van der Waals surface area contributed by atoms with Crippen LogP contribution in [-0.4, -0.2) is 12.2 Å². The molecule has 0 spiro atoms. The van der Waals surface area contributed by atoms with E-state index in [4.69, 9.17) is 4.74 Å². The molecule has 0 bridgehead atoms. The van der Waals surface area contributed by atoms with Gasteiger partial charge in [0.2, 0.25) is 0 Å². The van der Waals surface area contributed by atoms with E-state index >= 15 is 0 Å². The minimum atomic E-state index is -0.539. The number of halogens is 1. The number of ether oxygens (including phenoxy) is 1. The molecule has 0 aliphatic carbocycles. The van der Waals surface area contributed by atoms with Crippen LogP contribution in [-0.2, 0) is 0 Å². The van der Waals surface area contributed by atoms with Crippen LogP contribution in [0.15, 0.2) is 18.2 Å². The molecule has 0 aliphatic heterocycles. The largest absolute Gasteiger partial charge is 0.494 e. The highest BCUT2D eigenvalue weighted by Crippen LogP contribution is 2.26. The van der Waals surface area contributed by atoms with Gasteiger partial charge in [-0.05, 0) is 30.0 Å². The summed E-state index contributed by atoms with van der Waals surface area (Å²) in [6, 6.07) is 4.51. The quantitative estimate of drug-likeness (QED) is 0.821. The van der Waals surface area contributed by atoms with Crippen LogP contribution in [0.5, 0.6) is 5.75 Å². The lowest BCUT2D eigenvalue weighted by molar-refractivity contribution is 0.161. The summed E-state index contributed by atoms with van der Waals surface area (Å²) in [6.07, 6.45) is 2.23. The van der Waals surface area contributed by atoms with E-state index in [2.05, 4.69) is 13.8 Å². The summed E-state index contributed by atoms with van der Waals surface area (Å²) in [7, 11) is 1.42. The number of hydrogen-bond acceptors (Lipinski definition) is 2. The van der Waals surface area contributed by atoms with Gasteiger partial charge < -0.3 is 9.84 Å². The maximum Gasteiger partial charge on any atom is 0.165 e. The van der Waals surface area contributed by atoms with Gasteiger partial charge in [0.15, 0.2) is 11.6 Å². The van der Waals surface area contributed by atoms with Gasteiger partial charge >= 0.3 is 0 Å². The third kappa shape index (κ3) is 4.35. The molecule has 1 atom stereocenters. The molecule has 0 heterocycles. The van der Waals surface area contributed by atoms with Gasteiger partial charge in [-0.3, -0.25) is 0 Å². The van der Waals surface area contributed by atoms with Crippen LogP contribution in [0.2, 0.25) is 0 Å². The molecule has 0 amide bonds. The zero-order valence-electron chi connectivity index (χ0n) is 10.7. The van der Waals surface area contributed by atoms with E-state index in [9.17, 15) is 9.50 Å². The molecule has 0 fully saturated rings. The van der Waals surface area contributed by atoms with Crippen molar-refractivity contribution in [3.05, 3.63) is 29.6 Å². The van der Waals surface area contributed by atoms with Crippen molar-refractivity contribution >= 4 is 0 Å². The highest BCUT2D eigenvalue weighted by Gasteiger charge is 2.11. The van der Waals surface area contributed by atoms with Crippen LogP contribution in [0.1, 0.15) is 44.8 Å². The van der Waals surface area contributed by atoms with Gasteiger partial charge in [0, 0.05) is 0 Å². The van der Waals surface area contributed by atoms with Crippen LogP contribution in [0.4, 0.5) is 4.39 Å². The molecular formula is C14H21FO2. The first-order chi connectivity index (χ1) is 8.04. The Kier molecular flexibility index (Phi) is 5.42. The average molecular weight is 240 g/mol. The molecule has 1 aromatic carbocycles. The zero-order valence-corrected chi connectivity index (χ0v) is 10.7. The van der Waals surface area contributed by atoms with Crippen molar-refractivity contribution in [1.29, 1.82) is 0 Å². The van der Waals surface area contributed by atoms with Crippen molar-refractivity contribution in [1.82, 2.24) is 0 Å². The number of rotatable bonds is 6. The molecule has 1 rings (SSSR count). The Morgan fingerprint density at radius 2 is 2.00 bits per heavy atom. The normalized spacial score (nSPS) is 12.8. The fourth-order valence-electron chi connectivity index (χ4n) is 1.77. The number of aliphatic hydroxyl groups is 1. The average Bonchev–Trinajstić information content (AvgIpc) is 2.29. The van der Waals surface area contributed by atoms with E-state index in [1.165, 1.54) is 13.2 Å². The summed E-state index contributed by atoms with van der Waals surface area (Å²) in [5.41, 5.74) is 0.715. The Hall–Kier alpha value is -1.09. The minimum Gasteiger partial charge on any atom is -0.494 e. The number of benzene rings is 1. The van der Waals surface area contributed by atoms with E-state index in [-0.39, 0.29) is 5.75 Å². The fraction of sp³-hybridized carbons (Fsp3) is 0.571. The number of methoxy groups -OCH3 is 1. The minimum absolute atomic E-state index is 0.186. The number of hydrogen-bond donors (Lipinski definition) is 1. The Morgan fingerprint density at radius 1 is 1.29 bits per heavy atom. The number of aliphatic hydroxyl groups excluding tert-OH is 1. The lowest BCUT2D eigenvalue weighted by Gasteiger charge is -2.13. The summed E-state index contributed by atoms with van der Waals surface area (Å²) in [5.74, 6) is 0.431. The second-order valence-electron chi connectivity index (χ2n) is 4.73. The summed E-state index contributed by atoms with van der Waals surface area (Å²) >= 11 is 0. The van der Waals surface area contributed by atoms with E-state index in [0.29, 0.717) is 17.9 Å². The van der Waals surface area contributed by atoms with Gasteiger partial charge in [-0.15, -0.1) is 0 Å². The van der Waals surface area contributed by atoms with E-state index < -0.39 is 11.9 Å². The molecule has 0 radical (unpaired) electrons. The molecular weight excluding hydrogens is 219 g/mol. The Morgan fingerprint density at radius 3 is 2.59 bits per heavy atom. The predicted octanol–water partition coefficient (Wildman–Crippen LogP) is 3.69.